The molecule has 0 bridgehead atoms. The van der Waals surface area contributed by atoms with Crippen molar-refractivity contribution in [2.24, 2.45) is 5.92 Å². The molecule has 2 aromatic carbocycles. The van der Waals surface area contributed by atoms with Gasteiger partial charge in [0.15, 0.2) is 11.6 Å². The summed E-state index contributed by atoms with van der Waals surface area (Å²) in [6, 6.07) is 5.97. The molecule has 0 spiro atoms. The van der Waals surface area contributed by atoms with E-state index in [0.717, 1.165) is 31.0 Å². The summed E-state index contributed by atoms with van der Waals surface area (Å²) >= 11 is 3.11. The van der Waals surface area contributed by atoms with Gasteiger partial charge in [-0.3, -0.25) is 9.63 Å². The van der Waals surface area contributed by atoms with Crippen LogP contribution in [0, 0.1) is 23.4 Å². The van der Waals surface area contributed by atoms with Gasteiger partial charge in [0.1, 0.15) is 5.82 Å². The van der Waals surface area contributed by atoms with Crippen molar-refractivity contribution < 1.29 is 22.8 Å². The van der Waals surface area contributed by atoms with E-state index in [1.54, 1.807) is 0 Å². The largest absolute Gasteiger partial charge is 0.350 e. The van der Waals surface area contributed by atoms with Crippen molar-refractivity contribution >= 4 is 33.2 Å². The lowest BCUT2D eigenvalue weighted by molar-refractivity contribution is 0.0270. The van der Waals surface area contributed by atoms with Crippen LogP contribution in [0.2, 0.25) is 0 Å². The quantitative estimate of drug-likeness (QED) is 0.674. The molecule has 0 atom stereocenters. The SMILES string of the molecule is O=C(NOCC1CC1)c1ccc(F)c(F)c1Nc1ccc(Br)cc1F. The van der Waals surface area contributed by atoms with E-state index in [9.17, 15) is 18.0 Å². The maximum Gasteiger partial charge on any atom is 0.277 e. The Kier molecular flexibility index (Phi) is 5.29. The van der Waals surface area contributed by atoms with Crippen molar-refractivity contribution in [3.05, 3.63) is 57.8 Å². The number of carbonyl (C=O) groups excluding carboxylic acids is 1. The second kappa shape index (κ2) is 7.45. The maximum atomic E-state index is 14.2. The number of amides is 1. The molecule has 0 unspecified atom stereocenters. The second-order valence-electron chi connectivity index (χ2n) is 5.72. The van der Waals surface area contributed by atoms with Gasteiger partial charge in [-0.1, -0.05) is 15.9 Å². The van der Waals surface area contributed by atoms with Crippen LogP contribution in [0.1, 0.15) is 23.2 Å². The van der Waals surface area contributed by atoms with Crippen LogP contribution in [0.5, 0.6) is 0 Å². The molecule has 2 aromatic rings. The van der Waals surface area contributed by atoms with Crippen LogP contribution in [0.4, 0.5) is 24.5 Å². The van der Waals surface area contributed by atoms with Crippen molar-refractivity contribution in [3.63, 3.8) is 0 Å². The molecule has 4 nitrogen and oxygen atoms in total. The number of hydroxylamine groups is 1. The fourth-order valence-electron chi connectivity index (χ4n) is 2.15. The lowest BCUT2D eigenvalue weighted by Crippen LogP contribution is -2.26. The molecule has 0 saturated heterocycles. The normalized spacial score (nSPS) is 13.6. The maximum absolute atomic E-state index is 14.2. The fraction of sp³-hybridized carbons (Fsp3) is 0.235. The molecule has 1 amide bonds. The van der Waals surface area contributed by atoms with Crippen LogP contribution in [-0.4, -0.2) is 12.5 Å². The summed E-state index contributed by atoms with van der Waals surface area (Å²) in [5, 5.41) is 2.44. The van der Waals surface area contributed by atoms with Crippen LogP contribution in [-0.2, 0) is 4.84 Å². The Hall–Kier alpha value is -2.06. The molecule has 25 heavy (non-hydrogen) atoms. The minimum Gasteiger partial charge on any atom is -0.350 e. The highest BCUT2D eigenvalue weighted by atomic mass is 79.9. The smallest absolute Gasteiger partial charge is 0.277 e. The molecule has 1 fully saturated rings. The summed E-state index contributed by atoms with van der Waals surface area (Å²) in [7, 11) is 0. The van der Waals surface area contributed by atoms with Gasteiger partial charge in [-0.15, -0.1) is 0 Å². The number of carbonyl (C=O) groups is 1. The van der Waals surface area contributed by atoms with Gasteiger partial charge in [0, 0.05) is 4.47 Å². The van der Waals surface area contributed by atoms with E-state index < -0.39 is 29.0 Å². The van der Waals surface area contributed by atoms with Crippen molar-refractivity contribution in [1.29, 1.82) is 0 Å². The van der Waals surface area contributed by atoms with Gasteiger partial charge >= 0.3 is 0 Å². The van der Waals surface area contributed by atoms with Gasteiger partial charge in [0.25, 0.3) is 5.91 Å². The molecule has 0 aromatic heterocycles. The predicted molar refractivity (Wildman–Crippen MR) is 89.9 cm³/mol. The summed E-state index contributed by atoms with van der Waals surface area (Å²) < 4.78 is 42.2. The molecule has 0 heterocycles. The van der Waals surface area contributed by atoms with E-state index in [0.29, 0.717) is 17.0 Å². The monoisotopic (exact) mass is 414 g/mol. The van der Waals surface area contributed by atoms with Crippen molar-refractivity contribution in [2.45, 2.75) is 12.8 Å². The predicted octanol–water partition coefficient (Wildman–Crippen LogP) is 4.68. The molecule has 2 N–H and O–H groups in total. The lowest BCUT2D eigenvalue weighted by Gasteiger charge is -2.14. The number of hydrogen-bond acceptors (Lipinski definition) is 3. The first kappa shape index (κ1) is 17.8. The second-order valence-corrected chi connectivity index (χ2v) is 6.63. The Bertz CT molecular complexity index is 813. The highest BCUT2D eigenvalue weighted by molar-refractivity contribution is 9.10. The summed E-state index contributed by atoms with van der Waals surface area (Å²) in [6.07, 6.45) is 2.08. The number of rotatable bonds is 6. The van der Waals surface area contributed by atoms with Crippen LogP contribution in [0.25, 0.3) is 0 Å². The molecule has 1 saturated carbocycles. The third-order valence-electron chi connectivity index (χ3n) is 3.71. The Balaban J connectivity index is 1.85. The van der Waals surface area contributed by atoms with E-state index in [1.807, 2.05) is 0 Å². The van der Waals surface area contributed by atoms with Crippen LogP contribution in [0.3, 0.4) is 0 Å². The Morgan fingerprint density at radius 3 is 2.60 bits per heavy atom. The number of hydrogen-bond donors (Lipinski definition) is 2. The number of anilines is 2. The molecule has 3 rings (SSSR count). The Morgan fingerprint density at radius 1 is 1.16 bits per heavy atom. The summed E-state index contributed by atoms with van der Waals surface area (Å²) in [5.74, 6) is -3.46. The molecular formula is C17H14BrF3N2O2. The van der Waals surface area contributed by atoms with E-state index >= 15 is 0 Å². The average molecular weight is 415 g/mol. The molecule has 132 valence electrons. The number of halogens is 4. The average Bonchev–Trinajstić information content (AvgIpc) is 3.38. The molecular weight excluding hydrogens is 401 g/mol. The minimum absolute atomic E-state index is 0.0966. The molecule has 1 aliphatic rings. The zero-order chi connectivity index (χ0) is 18.0. The topological polar surface area (TPSA) is 50.4 Å². The first-order valence-corrected chi connectivity index (χ1v) is 8.37. The van der Waals surface area contributed by atoms with Gasteiger partial charge in [0.2, 0.25) is 0 Å². The summed E-state index contributed by atoms with van der Waals surface area (Å²) in [5.41, 5.74) is 1.44. The third-order valence-corrected chi connectivity index (χ3v) is 4.20. The standard InChI is InChI=1S/C17H14BrF3N2O2/c18-10-3-6-14(13(20)7-10)22-16-11(4-5-12(19)15(16)21)17(24)23-25-8-9-1-2-9/h3-7,9,22H,1-2,8H2,(H,23,24). The number of benzene rings is 2. The summed E-state index contributed by atoms with van der Waals surface area (Å²) in [4.78, 5) is 17.3. The van der Waals surface area contributed by atoms with Crippen molar-refractivity contribution in [2.75, 3.05) is 11.9 Å². The van der Waals surface area contributed by atoms with Crippen molar-refractivity contribution in [1.82, 2.24) is 5.48 Å². The summed E-state index contributed by atoms with van der Waals surface area (Å²) in [6.45, 7) is 0.361. The molecule has 8 heteroatoms. The molecule has 0 radical (unpaired) electrons. The van der Waals surface area contributed by atoms with Gasteiger partial charge in [-0.25, -0.2) is 18.7 Å². The van der Waals surface area contributed by atoms with E-state index in [2.05, 4.69) is 26.7 Å². The van der Waals surface area contributed by atoms with Gasteiger partial charge in [-0.2, -0.15) is 0 Å². The van der Waals surface area contributed by atoms with Crippen molar-refractivity contribution in [3.8, 4) is 0 Å². The first-order valence-electron chi connectivity index (χ1n) is 7.58. The zero-order valence-electron chi connectivity index (χ0n) is 12.9. The van der Waals surface area contributed by atoms with E-state index in [4.69, 9.17) is 4.84 Å². The van der Waals surface area contributed by atoms with Gasteiger partial charge in [0.05, 0.1) is 23.5 Å². The Morgan fingerprint density at radius 2 is 1.92 bits per heavy atom. The van der Waals surface area contributed by atoms with Crippen LogP contribution < -0.4 is 10.8 Å². The van der Waals surface area contributed by atoms with Crippen LogP contribution >= 0.6 is 15.9 Å². The Labute approximate surface area is 150 Å². The third kappa shape index (κ3) is 4.32. The number of nitrogens with one attached hydrogen (secondary N) is 2. The molecule has 1 aliphatic carbocycles. The van der Waals surface area contributed by atoms with E-state index in [1.165, 1.54) is 12.1 Å². The van der Waals surface area contributed by atoms with E-state index in [-0.39, 0.29) is 11.3 Å². The minimum atomic E-state index is -1.28. The van der Waals surface area contributed by atoms with Gasteiger partial charge in [-0.05, 0) is 49.1 Å². The lowest BCUT2D eigenvalue weighted by atomic mass is 10.1. The first-order chi connectivity index (χ1) is 12.0. The van der Waals surface area contributed by atoms with Gasteiger partial charge < -0.3 is 5.32 Å². The molecule has 0 aliphatic heterocycles. The van der Waals surface area contributed by atoms with Crippen LogP contribution in [0.15, 0.2) is 34.8 Å². The fourth-order valence-corrected chi connectivity index (χ4v) is 2.49. The highest BCUT2D eigenvalue weighted by Crippen LogP contribution is 2.30. The highest BCUT2D eigenvalue weighted by Gasteiger charge is 2.23. The zero-order valence-corrected chi connectivity index (χ0v) is 14.5.